The molecule has 6 nitrogen and oxygen atoms in total. The lowest BCUT2D eigenvalue weighted by Gasteiger charge is -2.08. The molecule has 0 atom stereocenters. The van der Waals surface area contributed by atoms with E-state index in [1.165, 1.54) is 0 Å². The van der Waals surface area contributed by atoms with E-state index in [4.69, 9.17) is 0 Å². The second-order valence-corrected chi connectivity index (χ2v) is 7.26. The average Bonchev–Trinajstić information content (AvgIpc) is 2.84. The van der Waals surface area contributed by atoms with E-state index in [0.29, 0.717) is 34.4 Å². The van der Waals surface area contributed by atoms with Crippen LogP contribution in [0, 0.1) is 0 Å². The predicted molar refractivity (Wildman–Crippen MR) is 123 cm³/mol. The van der Waals surface area contributed by atoms with Gasteiger partial charge in [0, 0.05) is 47.8 Å². The van der Waals surface area contributed by atoms with Crippen molar-refractivity contribution in [2.45, 2.75) is 19.8 Å². The molecule has 0 saturated heterocycles. The summed E-state index contributed by atoms with van der Waals surface area (Å²) in [4.78, 5) is 48.2. The van der Waals surface area contributed by atoms with Crippen LogP contribution in [0.4, 0.5) is 5.69 Å². The zero-order chi connectivity index (χ0) is 23.1. The lowest BCUT2D eigenvalue weighted by molar-refractivity contribution is 0.0958. The zero-order valence-corrected chi connectivity index (χ0v) is 18.0. The van der Waals surface area contributed by atoms with Crippen molar-refractivity contribution in [1.29, 1.82) is 0 Å². The van der Waals surface area contributed by atoms with Gasteiger partial charge in [-0.15, -0.1) is 0 Å². The Morgan fingerprint density at radius 2 is 1.09 bits per heavy atom. The molecule has 3 rings (SSSR count). The largest absolute Gasteiger partial charge is 0.355 e. The van der Waals surface area contributed by atoms with Crippen LogP contribution in [0.2, 0.25) is 0 Å². The number of amides is 2. The van der Waals surface area contributed by atoms with Crippen molar-refractivity contribution in [3.8, 4) is 0 Å². The number of benzene rings is 3. The molecule has 2 amide bonds. The smallest absolute Gasteiger partial charge is 0.255 e. The third-order valence-corrected chi connectivity index (χ3v) is 5.06. The van der Waals surface area contributed by atoms with Gasteiger partial charge in [0.2, 0.25) is 0 Å². The van der Waals surface area contributed by atoms with Gasteiger partial charge >= 0.3 is 0 Å². The Morgan fingerprint density at radius 1 is 0.625 bits per heavy atom. The summed E-state index contributed by atoms with van der Waals surface area (Å²) < 4.78 is 0. The number of carbonyl (C=O) groups excluding carboxylic acids is 4. The summed E-state index contributed by atoms with van der Waals surface area (Å²) in [6.07, 6.45) is 0.627. The first-order valence-electron chi connectivity index (χ1n) is 10.3. The quantitative estimate of drug-likeness (QED) is 0.523. The molecule has 0 spiro atoms. The van der Waals surface area contributed by atoms with E-state index in [0.717, 1.165) is 5.56 Å². The fourth-order valence-electron chi connectivity index (χ4n) is 3.16. The van der Waals surface area contributed by atoms with Crippen LogP contribution >= 0.6 is 0 Å². The van der Waals surface area contributed by atoms with Gasteiger partial charge in [-0.3, -0.25) is 19.2 Å². The molecule has 0 heterocycles. The summed E-state index contributed by atoms with van der Waals surface area (Å²) in [5, 5.41) is 5.35. The lowest BCUT2D eigenvalue weighted by atomic mass is 10.0. The van der Waals surface area contributed by atoms with Gasteiger partial charge in [0.05, 0.1) is 0 Å². The fourth-order valence-corrected chi connectivity index (χ4v) is 3.16. The van der Waals surface area contributed by atoms with Gasteiger partial charge in [0.1, 0.15) is 0 Å². The first kappa shape index (κ1) is 22.6. The molecule has 162 valence electrons. The van der Waals surface area contributed by atoms with E-state index >= 15 is 0 Å². The van der Waals surface area contributed by atoms with Gasteiger partial charge in [0.15, 0.2) is 11.6 Å². The minimum Gasteiger partial charge on any atom is -0.355 e. The average molecular weight is 428 g/mol. The van der Waals surface area contributed by atoms with Crippen LogP contribution in [0.3, 0.4) is 0 Å². The lowest BCUT2D eigenvalue weighted by Crippen LogP contribution is -2.17. The first-order valence-corrected chi connectivity index (χ1v) is 10.3. The number of hydrogen-bond acceptors (Lipinski definition) is 4. The highest BCUT2D eigenvalue weighted by molar-refractivity contribution is 6.05. The minimum atomic E-state index is -0.277. The van der Waals surface area contributed by atoms with Gasteiger partial charge in [0.25, 0.3) is 11.8 Å². The number of Topliss-reactive ketones (excluding diaryl/α,β-unsaturated/α-hetero) is 2. The second kappa shape index (κ2) is 10.3. The molecule has 0 radical (unpaired) electrons. The van der Waals surface area contributed by atoms with E-state index < -0.39 is 0 Å². The molecule has 0 aliphatic heterocycles. The van der Waals surface area contributed by atoms with E-state index in [2.05, 4.69) is 10.6 Å². The Balaban J connectivity index is 1.59. The van der Waals surface area contributed by atoms with E-state index in [9.17, 15) is 19.2 Å². The maximum absolute atomic E-state index is 12.5. The van der Waals surface area contributed by atoms with E-state index in [-0.39, 0.29) is 29.8 Å². The molecule has 0 aliphatic carbocycles. The third-order valence-electron chi connectivity index (χ3n) is 5.06. The van der Waals surface area contributed by atoms with Crippen LogP contribution in [-0.4, -0.2) is 30.4 Å². The number of ketones is 2. The maximum Gasteiger partial charge on any atom is 0.255 e. The van der Waals surface area contributed by atoms with Crippen molar-refractivity contribution in [3.05, 3.63) is 101 Å². The first-order chi connectivity index (χ1) is 15.4. The highest BCUT2D eigenvalue weighted by atomic mass is 16.2. The topological polar surface area (TPSA) is 92.3 Å². The standard InChI is InChI=1S/C26H24N2O4/c1-3-23(29)18-6-12-21(13-7-18)26(32)28-22-14-4-17(5-15-22)16-24(30)19-8-10-20(11-9-19)25(31)27-2/h4-15H,3,16H2,1-2H3,(H,27,31)(H,28,32). The molecule has 0 unspecified atom stereocenters. The van der Waals surface area contributed by atoms with Crippen molar-refractivity contribution >= 4 is 29.1 Å². The third kappa shape index (κ3) is 5.55. The molecule has 2 N–H and O–H groups in total. The van der Waals surface area contributed by atoms with E-state index in [1.807, 2.05) is 0 Å². The van der Waals surface area contributed by atoms with Crippen LogP contribution in [0.15, 0.2) is 72.8 Å². The molecule has 0 aromatic heterocycles. The van der Waals surface area contributed by atoms with Gasteiger partial charge in [-0.25, -0.2) is 0 Å². The number of rotatable bonds is 8. The van der Waals surface area contributed by atoms with Crippen LogP contribution in [0.1, 0.15) is 60.3 Å². The SMILES string of the molecule is CCC(=O)c1ccc(C(=O)Nc2ccc(CC(=O)c3ccc(C(=O)NC)cc3)cc2)cc1. The molecule has 3 aromatic carbocycles. The summed E-state index contributed by atoms with van der Waals surface area (Å²) in [5.41, 5.74) is 3.48. The van der Waals surface area contributed by atoms with Crippen molar-refractivity contribution < 1.29 is 19.2 Å². The van der Waals surface area contributed by atoms with Gasteiger partial charge in [-0.2, -0.15) is 0 Å². The Morgan fingerprint density at radius 3 is 1.59 bits per heavy atom. The Hall–Kier alpha value is -4.06. The Labute approximate surface area is 186 Å². The number of nitrogens with one attached hydrogen (secondary N) is 2. The molecule has 0 saturated carbocycles. The molecule has 0 bridgehead atoms. The van der Waals surface area contributed by atoms with Crippen LogP contribution in [-0.2, 0) is 6.42 Å². The molecule has 3 aromatic rings. The van der Waals surface area contributed by atoms with Gasteiger partial charge < -0.3 is 10.6 Å². The van der Waals surface area contributed by atoms with E-state index in [1.54, 1.807) is 86.8 Å². The van der Waals surface area contributed by atoms with Crippen LogP contribution < -0.4 is 10.6 Å². The molecule has 6 heteroatoms. The maximum atomic E-state index is 12.5. The summed E-state index contributed by atoms with van der Waals surface area (Å²) >= 11 is 0. The number of hydrogen-bond donors (Lipinski definition) is 2. The molecular formula is C26H24N2O4. The normalized spacial score (nSPS) is 10.3. The van der Waals surface area contributed by atoms with Crippen LogP contribution in [0.5, 0.6) is 0 Å². The van der Waals surface area contributed by atoms with Crippen molar-refractivity contribution in [1.82, 2.24) is 5.32 Å². The molecular weight excluding hydrogens is 404 g/mol. The minimum absolute atomic E-state index is 0.0319. The summed E-state index contributed by atoms with van der Waals surface area (Å²) in [6.45, 7) is 1.79. The van der Waals surface area contributed by atoms with Crippen LogP contribution in [0.25, 0.3) is 0 Å². The van der Waals surface area contributed by atoms with Gasteiger partial charge in [-0.1, -0.05) is 43.3 Å². The summed E-state index contributed by atoms with van der Waals surface area (Å²) in [6, 6.07) is 20.1. The fraction of sp³-hybridized carbons (Fsp3) is 0.154. The second-order valence-electron chi connectivity index (χ2n) is 7.26. The molecule has 32 heavy (non-hydrogen) atoms. The monoisotopic (exact) mass is 428 g/mol. The van der Waals surface area contributed by atoms with Gasteiger partial charge in [-0.05, 0) is 42.0 Å². The molecule has 0 aliphatic rings. The Bertz CT molecular complexity index is 1040. The molecule has 0 fully saturated rings. The summed E-state index contributed by atoms with van der Waals surface area (Å²) in [5.74, 6) is -0.510. The van der Waals surface area contributed by atoms with Crippen molar-refractivity contribution in [3.63, 3.8) is 0 Å². The predicted octanol–water partition coefficient (Wildman–Crippen LogP) is 4.32. The zero-order valence-electron chi connectivity index (χ0n) is 18.0. The highest BCUT2D eigenvalue weighted by Crippen LogP contribution is 2.15. The summed E-state index contributed by atoms with van der Waals surface area (Å²) in [7, 11) is 1.55. The number of carbonyl (C=O) groups is 4. The van der Waals surface area contributed by atoms with Crippen molar-refractivity contribution in [2.24, 2.45) is 0 Å². The Kier molecular flexibility index (Phi) is 7.29. The van der Waals surface area contributed by atoms with Crippen molar-refractivity contribution in [2.75, 3.05) is 12.4 Å². The highest BCUT2D eigenvalue weighted by Gasteiger charge is 2.11. The number of anilines is 1.